The molecule has 0 unspecified atom stereocenters. The molecule has 0 bridgehead atoms. The van der Waals surface area contributed by atoms with Gasteiger partial charge >= 0.3 is 5.97 Å². The Labute approximate surface area is 78.8 Å². The quantitative estimate of drug-likeness (QED) is 0.267. The lowest BCUT2D eigenvalue weighted by atomic mass is 10.8. The van der Waals surface area contributed by atoms with Crippen molar-refractivity contribution in [1.82, 2.24) is 0 Å². The molecule has 0 heterocycles. The molecule has 0 radical (unpaired) electrons. The molecule has 0 rings (SSSR count). The number of ether oxygens (including phenoxy) is 2. The maximum Gasteiger partial charge on any atom is 0.316 e. The minimum absolute atomic E-state index is 0.246. The molecule has 4 nitrogen and oxygen atoms in total. The van der Waals surface area contributed by atoms with Crippen molar-refractivity contribution < 1.29 is 19.1 Å². The fourth-order valence-electron chi connectivity index (χ4n) is 0.338. The van der Waals surface area contributed by atoms with Gasteiger partial charge in [0.1, 0.15) is 12.4 Å². The van der Waals surface area contributed by atoms with Crippen LogP contribution >= 0.6 is 21.6 Å². The lowest BCUT2D eigenvalue weighted by Crippen LogP contribution is -2.02. The molecule has 0 aromatic heterocycles. The van der Waals surface area contributed by atoms with Crippen LogP contribution in [0.25, 0.3) is 0 Å². The van der Waals surface area contributed by atoms with E-state index in [0.29, 0.717) is 24.6 Å². The third-order valence-electron chi connectivity index (χ3n) is 0.840. The third kappa shape index (κ3) is 7.74. The van der Waals surface area contributed by atoms with Gasteiger partial charge in [0.2, 0.25) is 0 Å². The molecule has 0 saturated carbocycles. The molecular formula is C6H10O4S2. The van der Waals surface area contributed by atoms with Crippen LogP contribution in [0, 0.1) is 0 Å². The fraction of sp³-hybridized carbons (Fsp3) is 0.667. The highest BCUT2D eigenvalue weighted by Crippen LogP contribution is 2.20. The summed E-state index contributed by atoms with van der Waals surface area (Å²) in [7, 11) is 4.20. The summed E-state index contributed by atoms with van der Waals surface area (Å²) in [4.78, 5) is 20.2. The van der Waals surface area contributed by atoms with E-state index in [1.807, 2.05) is 0 Å². The van der Waals surface area contributed by atoms with Gasteiger partial charge in [0, 0.05) is 5.75 Å². The monoisotopic (exact) mass is 210 g/mol. The number of hydrogen-bond donors (Lipinski definition) is 0. The SMILES string of the molecule is COC(=O)CSSCCOC=O. The van der Waals surface area contributed by atoms with E-state index in [2.05, 4.69) is 9.47 Å². The number of methoxy groups -OCH3 is 1. The molecule has 12 heavy (non-hydrogen) atoms. The van der Waals surface area contributed by atoms with Crippen LogP contribution in [-0.2, 0) is 19.1 Å². The van der Waals surface area contributed by atoms with E-state index in [1.54, 1.807) is 0 Å². The first-order chi connectivity index (χ1) is 5.81. The maximum absolute atomic E-state index is 10.6. The van der Waals surface area contributed by atoms with E-state index in [-0.39, 0.29) is 5.97 Å². The van der Waals surface area contributed by atoms with E-state index < -0.39 is 0 Å². The van der Waals surface area contributed by atoms with E-state index in [4.69, 9.17) is 0 Å². The summed E-state index contributed by atoms with van der Waals surface area (Å²) in [6.45, 7) is 0.786. The fourth-order valence-corrected chi connectivity index (χ4v) is 2.01. The van der Waals surface area contributed by atoms with Gasteiger partial charge in [-0.1, -0.05) is 21.6 Å². The van der Waals surface area contributed by atoms with Crippen LogP contribution in [0.1, 0.15) is 0 Å². The van der Waals surface area contributed by atoms with Gasteiger partial charge < -0.3 is 9.47 Å². The zero-order chi connectivity index (χ0) is 9.23. The molecule has 70 valence electrons. The second-order valence-electron chi connectivity index (χ2n) is 1.63. The normalized spacial score (nSPS) is 9.08. The highest BCUT2D eigenvalue weighted by atomic mass is 33.1. The summed E-state index contributed by atoms with van der Waals surface area (Å²) >= 11 is 0. The summed E-state index contributed by atoms with van der Waals surface area (Å²) < 4.78 is 8.85. The highest BCUT2D eigenvalue weighted by Gasteiger charge is 1.99. The molecule has 0 aromatic rings. The highest BCUT2D eigenvalue weighted by molar-refractivity contribution is 8.76. The zero-order valence-corrected chi connectivity index (χ0v) is 8.28. The Balaban J connectivity index is 3.00. The minimum Gasteiger partial charge on any atom is -0.468 e. The summed E-state index contributed by atoms with van der Waals surface area (Å²) in [5, 5.41) is 0. The van der Waals surface area contributed by atoms with Crippen LogP contribution in [0.4, 0.5) is 0 Å². The number of carbonyl (C=O) groups is 2. The molecule has 0 aliphatic carbocycles. The number of rotatable bonds is 7. The summed E-state index contributed by atoms with van der Waals surface area (Å²) in [5.41, 5.74) is 0. The van der Waals surface area contributed by atoms with Crippen LogP contribution < -0.4 is 0 Å². The molecule has 0 saturated heterocycles. The summed E-state index contributed by atoms with van der Waals surface area (Å²) in [5.74, 6) is 0.756. The van der Waals surface area contributed by atoms with Gasteiger partial charge in [-0.2, -0.15) is 0 Å². The van der Waals surface area contributed by atoms with Crippen LogP contribution in [0.3, 0.4) is 0 Å². The Hall–Kier alpha value is -0.360. The molecule has 6 heteroatoms. The summed E-state index contributed by atoms with van der Waals surface area (Å²) in [6.07, 6.45) is 0. The van der Waals surface area contributed by atoms with Gasteiger partial charge in [0.25, 0.3) is 6.47 Å². The largest absolute Gasteiger partial charge is 0.468 e. The first-order valence-corrected chi connectivity index (χ1v) is 5.66. The van der Waals surface area contributed by atoms with Gasteiger partial charge in [-0.05, 0) is 0 Å². The first-order valence-electron chi connectivity index (χ1n) is 3.17. The van der Waals surface area contributed by atoms with Crippen molar-refractivity contribution in [3.63, 3.8) is 0 Å². The van der Waals surface area contributed by atoms with Crippen LogP contribution in [0.5, 0.6) is 0 Å². The van der Waals surface area contributed by atoms with Crippen molar-refractivity contribution in [2.24, 2.45) is 0 Å². The predicted octanol–water partition coefficient (Wildman–Crippen LogP) is 0.714. The standard InChI is InChI=1S/C6H10O4S2/c1-9-6(8)4-12-11-3-2-10-5-7/h5H,2-4H2,1H3. The second kappa shape index (κ2) is 8.73. The summed E-state index contributed by atoms with van der Waals surface area (Å²) in [6, 6.07) is 0. The Morgan fingerprint density at radius 1 is 1.50 bits per heavy atom. The zero-order valence-electron chi connectivity index (χ0n) is 6.65. The van der Waals surface area contributed by atoms with Gasteiger partial charge in [0.05, 0.1) is 7.11 Å². The van der Waals surface area contributed by atoms with E-state index in [9.17, 15) is 9.59 Å². The third-order valence-corrected chi connectivity index (χ3v) is 3.05. The van der Waals surface area contributed by atoms with Crippen molar-refractivity contribution in [2.45, 2.75) is 0 Å². The van der Waals surface area contributed by atoms with Crippen molar-refractivity contribution in [3.8, 4) is 0 Å². The van der Waals surface area contributed by atoms with E-state index >= 15 is 0 Å². The molecule has 0 spiro atoms. The average Bonchev–Trinajstić information content (AvgIpc) is 2.10. The van der Waals surface area contributed by atoms with Crippen molar-refractivity contribution in [3.05, 3.63) is 0 Å². The van der Waals surface area contributed by atoms with E-state index in [0.717, 1.165) is 0 Å². The van der Waals surface area contributed by atoms with Gasteiger partial charge in [0.15, 0.2) is 0 Å². The number of hydrogen-bond acceptors (Lipinski definition) is 6. The lowest BCUT2D eigenvalue weighted by Gasteiger charge is -1.98. The average molecular weight is 210 g/mol. The van der Waals surface area contributed by atoms with Crippen molar-refractivity contribution in [2.75, 3.05) is 25.2 Å². The molecule has 0 aromatic carbocycles. The smallest absolute Gasteiger partial charge is 0.316 e. The molecule has 0 aliphatic rings. The van der Waals surface area contributed by atoms with Crippen LogP contribution in [0.15, 0.2) is 0 Å². The van der Waals surface area contributed by atoms with Gasteiger partial charge in [-0.3, -0.25) is 9.59 Å². The van der Waals surface area contributed by atoms with Crippen molar-refractivity contribution >= 4 is 34.0 Å². The van der Waals surface area contributed by atoms with E-state index in [1.165, 1.54) is 28.7 Å². The Bertz CT molecular complexity index is 140. The maximum atomic E-state index is 10.6. The molecule has 0 aliphatic heterocycles. The Kier molecular flexibility index (Phi) is 8.47. The van der Waals surface area contributed by atoms with Crippen molar-refractivity contribution in [1.29, 1.82) is 0 Å². The lowest BCUT2D eigenvalue weighted by molar-refractivity contribution is -0.137. The molecule has 0 fully saturated rings. The Morgan fingerprint density at radius 3 is 2.83 bits per heavy atom. The molecule has 0 N–H and O–H groups in total. The number of esters is 1. The minimum atomic E-state index is -0.246. The second-order valence-corrected chi connectivity index (χ2v) is 4.21. The predicted molar refractivity (Wildman–Crippen MR) is 48.9 cm³/mol. The van der Waals surface area contributed by atoms with Gasteiger partial charge in [-0.15, -0.1) is 0 Å². The molecule has 0 amide bonds. The first kappa shape index (κ1) is 11.6. The van der Waals surface area contributed by atoms with Crippen LogP contribution in [-0.4, -0.2) is 37.7 Å². The van der Waals surface area contributed by atoms with Gasteiger partial charge in [-0.25, -0.2) is 0 Å². The molecule has 0 atom stereocenters. The van der Waals surface area contributed by atoms with Crippen LogP contribution in [0.2, 0.25) is 0 Å². The Morgan fingerprint density at radius 2 is 2.25 bits per heavy atom. The number of carbonyl (C=O) groups excluding carboxylic acids is 2. The topological polar surface area (TPSA) is 52.6 Å². The molecular weight excluding hydrogens is 200 g/mol.